The molecule has 7 rings (SSSR count). The predicted octanol–water partition coefficient (Wildman–Crippen LogP) is 1.73. The van der Waals surface area contributed by atoms with Crippen LogP contribution in [-0.4, -0.2) is 110 Å². The van der Waals surface area contributed by atoms with Gasteiger partial charge in [0.1, 0.15) is 6.10 Å². The number of fused-ring (bicyclic) bond motifs is 2. The molecule has 0 radical (unpaired) electrons. The summed E-state index contributed by atoms with van der Waals surface area (Å²) in [7, 11) is 6.41. The van der Waals surface area contributed by atoms with Crippen LogP contribution in [0, 0.1) is 40.4 Å². The smallest absolute Gasteiger partial charge is 0.338 e. The molecule has 5 saturated carbocycles. The van der Waals surface area contributed by atoms with Crippen LogP contribution >= 0.6 is 0 Å². The van der Waals surface area contributed by atoms with Gasteiger partial charge >= 0.3 is 5.97 Å². The summed E-state index contributed by atoms with van der Waals surface area (Å²) in [6.07, 6.45) is -0.00630. The fourth-order valence-corrected chi connectivity index (χ4v) is 11.7. The van der Waals surface area contributed by atoms with Gasteiger partial charge in [0, 0.05) is 67.7 Å². The minimum Gasteiger partial charge on any atom is -0.493 e. The van der Waals surface area contributed by atoms with E-state index in [-0.39, 0.29) is 35.3 Å². The highest BCUT2D eigenvalue weighted by atomic mass is 16.6. The van der Waals surface area contributed by atoms with Crippen molar-refractivity contribution in [3.63, 3.8) is 0 Å². The van der Waals surface area contributed by atoms with Gasteiger partial charge in [-0.3, -0.25) is 4.90 Å². The van der Waals surface area contributed by atoms with Gasteiger partial charge in [-0.2, -0.15) is 0 Å². The average Bonchev–Trinajstić information content (AvgIpc) is 3.41. The third-order valence-corrected chi connectivity index (χ3v) is 12.7. The maximum atomic E-state index is 13.7. The van der Waals surface area contributed by atoms with Crippen LogP contribution in [-0.2, 0) is 14.2 Å². The molecule has 10 heteroatoms. The lowest BCUT2D eigenvalue weighted by atomic mass is 9.43. The predicted molar refractivity (Wildman–Crippen MR) is 150 cm³/mol. The number of methoxy groups -OCH3 is 4. The topological polar surface area (TPSA) is 127 Å². The minimum atomic E-state index is -1.33. The van der Waals surface area contributed by atoms with Crippen LogP contribution in [0.1, 0.15) is 43.0 Å². The van der Waals surface area contributed by atoms with Gasteiger partial charge in [-0.05, 0) is 49.9 Å². The zero-order valence-electron chi connectivity index (χ0n) is 25.2. The van der Waals surface area contributed by atoms with Crippen LogP contribution in [0.2, 0.25) is 0 Å². The Bertz CT molecular complexity index is 1240. The Labute approximate surface area is 247 Å². The van der Waals surface area contributed by atoms with E-state index < -0.39 is 47.1 Å². The molecule has 1 heterocycles. The molecular weight excluding hydrogens is 542 g/mol. The number of nitrogens with zero attached hydrogens (tertiary/aromatic N) is 1. The van der Waals surface area contributed by atoms with Crippen LogP contribution in [0.5, 0.6) is 11.5 Å². The number of likely N-dealkylation sites (tertiary alicyclic amines) is 1. The van der Waals surface area contributed by atoms with Gasteiger partial charge in [-0.25, -0.2) is 4.79 Å². The minimum absolute atomic E-state index is 0.137. The Hall–Kier alpha value is -1.95. The van der Waals surface area contributed by atoms with E-state index in [1.807, 2.05) is 0 Å². The number of ether oxygens (including phenoxy) is 5. The second kappa shape index (κ2) is 9.78. The van der Waals surface area contributed by atoms with Gasteiger partial charge in [0.15, 0.2) is 11.5 Å². The zero-order valence-corrected chi connectivity index (χ0v) is 25.2. The fraction of sp³-hybridized carbons (Fsp3) is 0.781. The summed E-state index contributed by atoms with van der Waals surface area (Å²) in [5.74, 6) is -1.00. The van der Waals surface area contributed by atoms with E-state index in [4.69, 9.17) is 23.7 Å². The summed E-state index contributed by atoms with van der Waals surface area (Å²) in [5.41, 5.74) is -1.97. The molecule has 1 spiro atoms. The molecule has 0 unspecified atom stereocenters. The Morgan fingerprint density at radius 2 is 1.86 bits per heavy atom. The van der Waals surface area contributed by atoms with Crippen molar-refractivity contribution in [3.05, 3.63) is 23.8 Å². The van der Waals surface area contributed by atoms with Crippen molar-refractivity contribution in [2.45, 2.75) is 68.7 Å². The summed E-state index contributed by atoms with van der Waals surface area (Å²) in [6.45, 7) is 4.15. The van der Waals surface area contributed by atoms with E-state index >= 15 is 0 Å². The monoisotopic (exact) mass is 587 g/mol. The molecule has 1 aromatic carbocycles. The molecule has 1 saturated heterocycles. The van der Waals surface area contributed by atoms with Gasteiger partial charge in [-0.15, -0.1) is 0 Å². The first-order valence-corrected chi connectivity index (χ1v) is 15.4. The normalized spacial score (nSPS) is 48.2. The molecule has 232 valence electrons. The Morgan fingerprint density at radius 1 is 1.10 bits per heavy atom. The van der Waals surface area contributed by atoms with E-state index in [0.29, 0.717) is 42.9 Å². The fourth-order valence-electron chi connectivity index (χ4n) is 11.7. The number of esters is 1. The van der Waals surface area contributed by atoms with Crippen molar-refractivity contribution in [1.29, 1.82) is 0 Å². The molecule has 42 heavy (non-hydrogen) atoms. The van der Waals surface area contributed by atoms with Crippen molar-refractivity contribution >= 4 is 5.97 Å². The zero-order chi connectivity index (χ0) is 29.8. The third kappa shape index (κ3) is 3.34. The number of aliphatic hydroxyl groups excluding tert-OH is 2. The molecule has 13 atom stereocenters. The van der Waals surface area contributed by atoms with Gasteiger partial charge in [0.05, 0.1) is 50.3 Å². The Balaban J connectivity index is 1.34. The standard InChI is InChI=1S/C32H45NO9/c1-6-33-14-30(15-38-2)10-9-22(34)32-18-12-17-21(41-5)13-31(37,24(28(32)33)25(35)27(30)32)23(18)26(17)42-29(36)16-7-8-19(39-3)20(11-16)40-4/h7-8,11,17-18,21-28,34-35,37H,6,9-10,12-15H2,1-5H3/t17-,18-,21+,22+,23-,24+,25+,26+,27-,28-,30+,31-,32+/m1/s1. The molecule has 1 aromatic rings. The third-order valence-electron chi connectivity index (χ3n) is 12.7. The first-order chi connectivity index (χ1) is 20.2. The molecular formula is C32H45NO9. The lowest BCUT2D eigenvalue weighted by molar-refractivity contribution is -0.272. The van der Waals surface area contributed by atoms with Gasteiger partial charge in [0.25, 0.3) is 0 Å². The van der Waals surface area contributed by atoms with Crippen LogP contribution in [0.25, 0.3) is 0 Å². The number of benzene rings is 1. The molecule has 10 nitrogen and oxygen atoms in total. The number of hydrogen-bond donors (Lipinski definition) is 3. The first kappa shape index (κ1) is 28.8. The van der Waals surface area contributed by atoms with Crippen LogP contribution < -0.4 is 9.47 Å². The Kier molecular flexibility index (Phi) is 6.70. The van der Waals surface area contributed by atoms with E-state index in [9.17, 15) is 20.1 Å². The number of aliphatic hydroxyl groups is 3. The maximum absolute atomic E-state index is 13.7. The number of piperidine rings is 1. The molecule has 7 bridgehead atoms. The van der Waals surface area contributed by atoms with Crippen molar-refractivity contribution < 1.29 is 43.8 Å². The SMILES string of the molecule is CCN1C[C@]2(COC)CC[C@H](O)[C@@]34[C@@H]5C[C@H]6[C@H](OC(=O)c7ccc(OC)c(OC)c7)[C@@H]5[C@](O)(C[C@@H]6OC)[C@@H]([C@H](O)[C@H]23)[C@@H]14. The summed E-state index contributed by atoms with van der Waals surface area (Å²) < 4.78 is 29.0. The number of hydrogen-bond acceptors (Lipinski definition) is 10. The lowest BCUT2D eigenvalue weighted by Crippen LogP contribution is -2.76. The highest BCUT2D eigenvalue weighted by Gasteiger charge is 2.86. The van der Waals surface area contributed by atoms with Crippen molar-refractivity contribution in [3.8, 4) is 11.5 Å². The van der Waals surface area contributed by atoms with E-state index in [1.54, 1.807) is 32.4 Å². The second-order valence-electron chi connectivity index (χ2n) is 13.8. The summed E-state index contributed by atoms with van der Waals surface area (Å²) >= 11 is 0. The number of rotatable bonds is 8. The lowest BCUT2D eigenvalue weighted by Gasteiger charge is -2.68. The summed E-state index contributed by atoms with van der Waals surface area (Å²) in [6, 6.07) is 4.76. The molecule has 6 fully saturated rings. The maximum Gasteiger partial charge on any atom is 0.338 e. The molecule has 3 N–H and O–H groups in total. The van der Waals surface area contributed by atoms with Crippen molar-refractivity contribution in [2.75, 3.05) is 48.1 Å². The molecule has 0 amide bonds. The van der Waals surface area contributed by atoms with Gasteiger partial charge in [-0.1, -0.05) is 6.92 Å². The van der Waals surface area contributed by atoms with E-state index in [1.165, 1.54) is 14.2 Å². The van der Waals surface area contributed by atoms with E-state index in [2.05, 4.69) is 11.8 Å². The first-order valence-electron chi connectivity index (χ1n) is 15.4. The van der Waals surface area contributed by atoms with Gasteiger partial charge < -0.3 is 39.0 Å². The summed E-state index contributed by atoms with van der Waals surface area (Å²) in [5, 5.41) is 37.3. The quantitative estimate of drug-likeness (QED) is 0.387. The van der Waals surface area contributed by atoms with Crippen LogP contribution in [0.3, 0.4) is 0 Å². The highest BCUT2D eigenvalue weighted by molar-refractivity contribution is 5.90. The molecule has 5 aliphatic carbocycles. The number of carbonyl (C=O) groups excluding carboxylic acids is 1. The molecule has 6 aliphatic rings. The largest absolute Gasteiger partial charge is 0.493 e. The van der Waals surface area contributed by atoms with Crippen molar-refractivity contribution in [1.82, 2.24) is 4.90 Å². The molecule has 0 aromatic heterocycles. The second-order valence-corrected chi connectivity index (χ2v) is 13.8. The van der Waals surface area contributed by atoms with Crippen LogP contribution in [0.4, 0.5) is 0 Å². The summed E-state index contributed by atoms with van der Waals surface area (Å²) in [4.78, 5) is 16.1. The Morgan fingerprint density at radius 3 is 2.52 bits per heavy atom. The van der Waals surface area contributed by atoms with Crippen molar-refractivity contribution in [2.24, 2.45) is 40.4 Å². The average molecular weight is 588 g/mol. The van der Waals surface area contributed by atoms with E-state index in [0.717, 1.165) is 19.5 Å². The van der Waals surface area contributed by atoms with Crippen LogP contribution in [0.15, 0.2) is 18.2 Å². The van der Waals surface area contributed by atoms with Gasteiger partial charge in [0.2, 0.25) is 0 Å². The number of carbonyl (C=O) groups is 1. The molecule has 1 aliphatic heterocycles. The highest BCUT2D eigenvalue weighted by Crippen LogP contribution is 2.79.